The van der Waals surface area contributed by atoms with Crippen molar-refractivity contribution in [2.45, 2.75) is 38.8 Å². The maximum absolute atomic E-state index is 13.1. The molecule has 1 saturated heterocycles. The average Bonchev–Trinajstić information content (AvgIpc) is 2.74. The van der Waals surface area contributed by atoms with Crippen molar-refractivity contribution in [2.24, 2.45) is 5.92 Å². The average molecular weight is 384 g/mol. The van der Waals surface area contributed by atoms with Crippen LogP contribution in [-0.2, 0) is 11.3 Å². The van der Waals surface area contributed by atoms with Gasteiger partial charge in [-0.25, -0.2) is 4.39 Å². The van der Waals surface area contributed by atoms with Crippen LogP contribution in [0, 0.1) is 11.7 Å². The third kappa shape index (κ3) is 5.32. The summed E-state index contributed by atoms with van der Waals surface area (Å²) in [5, 5.41) is 3.23. The van der Waals surface area contributed by atoms with Crippen molar-refractivity contribution in [3.8, 4) is 5.75 Å². The van der Waals surface area contributed by atoms with E-state index >= 15 is 0 Å². The number of likely N-dealkylation sites (tertiary alicyclic amines) is 1. The number of carbonyl (C=O) groups is 1. The molecular weight excluding hydrogens is 355 g/mol. The summed E-state index contributed by atoms with van der Waals surface area (Å²) in [5.41, 5.74) is 2.17. The number of piperidine rings is 1. The summed E-state index contributed by atoms with van der Waals surface area (Å²) in [4.78, 5) is 15.2. The Kier molecular flexibility index (Phi) is 7.04. The van der Waals surface area contributed by atoms with Crippen molar-refractivity contribution < 1.29 is 13.9 Å². The van der Waals surface area contributed by atoms with E-state index in [1.165, 1.54) is 12.1 Å². The number of hydrogen-bond acceptors (Lipinski definition) is 3. The van der Waals surface area contributed by atoms with Crippen LogP contribution < -0.4 is 10.1 Å². The molecule has 150 valence electrons. The summed E-state index contributed by atoms with van der Waals surface area (Å²) in [5.74, 6) is 0.699. The fourth-order valence-corrected chi connectivity index (χ4v) is 3.81. The molecule has 1 fully saturated rings. The molecule has 0 radical (unpaired) electrons. The zero-order valence-electron chi connectivity index (χ0n) is 16.7. The van der Waals surface area contributed by atoms with Crippen LogP contribution in [0.2, 0.25) is 0 Å². The first-order chi connectivity index (χ1) is 13.6. The molecule has 1 aliphatic rings. The van der Waals surface area contributed by atoms with Crippen molar-refractivity contribution in [1.29, 1.82) is 0 Å². The van der Waals surface area contributed by atoms with Gasteiger partial charge in [-0.05, 0) is 61.2 Å². The van der Waals surface area contributed by atoms with E-state index in [0.29, 0.717) is 0 Å². The molecule has 0 unspecified atom stereocenters. The SMILES string of the molecule is CC[C@H](NC(=O)[C@@H]1CCCN(Cc2ccc(F)cc2)C1)c1ccc(OC)cc1. The number of carbonyl (C=O) groups excluding carboxylic acids is 1. The van der Waals surface area contributed by atoms with Crippen molar-refractivity contribution in [3.05, 3.63) is 65.5 Å². The number of nitrogens with zero attached hydrogens (tertiary/aromatic N) is 1. The van der Waals surface area contributed by atoms with E-state index in [1.807, 2.05) is 36.4 Å². The summed E-state index contributed by atoms with van der Waals surface area (Å²) in [6.45, 7) is 4.54. The summed E-state index contributed by atoms with van der Waals surface area (Å²) >= 11 is 0. The lowest BCUT2D eigenvalue weighted by atomic mass is 9.95. The first-order valence-electron chi connectivity index (χ1n) is 10.00. The summed E-state index contributed by atoms with van der Waals surface area (Å²) < 4.78 is 18.3. The number of amides is 1. The molecule has 0 saturated carbocycles. The van der Waals surface area contributed by atoms with Crippen LogP contribution in [0.3, 0.4) is 0 Å². The molecule has 3 rings (SSSR count). The highest BCUT2D eigenvalue weighted by Gasteiger charge is 2.27. The minimum absolute atomic E-state index is 0.00545. The van der Waals surface area contributed by atoms with Crippen LogP contribution in [0.15, 0.2) is 48.5 Å². The van der Waals surface area contributed by atoms with Crippen molar-refractivity contribution >= 4 is 5.91 Å². The first kappa shape index (κ1) is 20.3. The minimum atomic E-state index is -0.219. The zero-order valence-corrected chi connectivity index (χ0v) is 16.7. The molecule has 1 aliphatic heterocycles. The second-order valence-electron chi connectivity index (χ2n) is 7.44. The van der Waals surface area contributed by atoms with Gasteiger partial charge in [0.2, 0.25) is 5.91 Å². The molecule has 0 spiro atoms. The van der Waals surface area contributed by atoms with Gasteiger partial charge in [0.05, 0.1) is 19.1 Å². The smallest absolute Gasteiger partial charge is 0.224 e. The van der Waals surface area contributed by atoms with Gasteiger partial charge in [0.1, 0.15) is 11.6 Å². The Balaban J connectivity index is 1.58. The van der Waals surface area contributed by atoms with Crippen LogP contribution in [0.25, 0.3) is 0 Å². The molecule has 1 heterocycles. The normalized spacial score (nSPS) is 18.5. The Bertz CT molecular complexity index is 761. The predicted molar refractivity (Wildman–Crippen MR) is 109 cm³/mol. The van der Waals surface area contributed by atoms with Gasteiger partial charge in [-0.15, -0.1) is 0 Å². The first-order valence-corrected chi connectivity index (χ1v) is 10.00. The molecule has 2 aromatic rings. The van der Waals surface area contributed by atoms with Crippen LogP contribution in [0.5, 0.6) is 5.75 Å². The van der Waals surface area contributed by atoms with E-state index in [4.69, 9.17) is 4.74 Å². The maximum atomic E-state index is 13.1. The highest BCUT2D eigenvalue weighted by molar-refractivity contribution is 5.79. The van der Waals surface area contributed by atoms with Crippen LogP contribution in [0.4, 0.5) is 4.39 Å². The van der Waals surface area contributed by atoms with E-state index < -0.39 is 0 Å². The fourth-order valence-electron chi connectivity index (χ4n) is 3.81. The van der Waals surface area contributed by atoms with Gasteiger partial charge in [-0.1, -0.05) is 31.2 Å². The zero-order chi connectivity index (χ0) is 19.9. The van der Waals surface area contributed by atoms with E-state index in [-0.39, 0.29) is 23.7 Å². The predicted octanol–water partition coefficient (Wildman–Crippen LogP) is 4.31. The van der Waals surface area contributed by atoms with Crippen LogP contribution >= 0.6 is 0 Å². The van der Waals surface area contributed by atoms with Gasteiger partial charge in [-0.2, -0.15) is 0 Å². The van der Waals surface area contributed by atoms with Gasteiger partial charge in [0.15, 0.2) is 0 Å². The molecule has 0 aromatic heterocycles. The molecule has 0 aliphatic carbocycles. The van der Waals surface area contributed by atoms with Gasteiger partial charge >= 0.3 is 0 Å². The standard InChI is InChI=1S/C23H29FN2O2/c1-3-22(18-8-12-21(28-2)13-9-18)25-23(27)19-5-4-14-26(16-19)15-17-6-10-20(24)11-7-17/h6-13,19,22H,3-5,14-16H2,1-2H3,(H,25,27)/t19-,22+/m1/s1. The maximum Gasteiger partial charge on any atom is 0.224 e. The van der Waals surface area contributed by atoms with Crippen LogP contribution in [-0.4, -0.2) is 31.0 Å². The van der Waals surface area contributed by atoms with E-state index in [2.05, 4.69) is 17.1 Å². The second kappa shape index (κ2) is 9.69. The number of benzene rings is 2. The topological polar surface area (TPSA) is 41.6 Å². The van der Waals surface area contributed by atoms with Crippen LogP contribution in [0.1, 0.15) is 43.4 Å². The number of hydrogen-bond donors (Lipinski definition) is 1. The van der Waals surface area contributed by atoms with Gasteiger partial charge in [0, 0.05) is 13.1 Å². The lowest BCUT2D eigenvalue weighted by molar-refractivity contribution is -0.127. The largest absolute Gasteiger partial charge is 0.497 e. The highest BCUT2D eigenvalue weighted by atomic mass is 19.1. The summed E-state index contributed by atoms with van der Waals surface area (Å²) in [6, 6.07) is 14.5. The Morgan fingerprint density at radius 2 is 1.93 bits per heavy atom. The monoisotopic (exact) mass is 384 g/mol. The molecule has 1 amide bonds. The number of ether oxygens (including phenoxy) is 1. The molecular formula is C23H29FN2O2. The van der Waals surface area contributed by atoms with E-state index in [9.17, 15) is 9.18 Å². The van der Waals surface area contributed by atoms with Gasteiger partial charge < -0.3 is 10.1 Å². The summed E-state index contributed by atoms with van der Waals surface area (Å²) in [7, 11) is 1.65. The Morgan fingerprint density at radius 1 is 1.21 bits per heavy atom. The minimum Gasteiger partial charge on any atom is -0.497 e. The van der Waals surface area contributed by atoms with Crippen molar-refractivity contribution in [2.75, 3.05) is 20.2 Å². The fraction of sp³-hybridized carbons (Fsp3) is 0.435. The molecule has 28 heavy (non-hydrogen) atoms. The third-order valence-corrected chi connectivity index (χ3v) is 5.44. The Hall–Kier alpha value is -2.40. The molecule has 4 nitrogen and oxygen atoms in total. The van der Waals surface area contributed by atoms with Crippen molar-refractivity contribution in [3.63, 3.8) is 0 Å². The molecule has 1 N–H and O–H groups in total. The number of methoxy groups -OCH3 is 1. The van der Waals surface area contributed by atoms with Crippen molar-refractivity contribution in [1.82, 2.24) is 10.2 Å². The second-order valence-corrected chi connectivity index (χ2v) is 7.44. The van der Waals surface area contributed by atoms with E-state index in [1.54, 1.807) is 7.11 Å². The third-order valence-electron chi connectivity index (χ3n) is 5.44. The molecule has 0 bridgehead atoms. The van der Waals surface area contributed by atoms with Gasteiger partial charge in [0.25, 0.3) is 0 Å². The molecule has 2 aromatic carbocycles. The molecule has 2 atom stereocenters. The lowest BCUT2D eigenvalue weighted by Gasteiger charge is -2.33. The van der Waals surface area contributed by atoms with E-state index in [0.717, 1.165) is 55.8 Å². The Labute approximate surface area is 166 Å². The number of halogens is 1. The lowest BCUT2D eigenvalue weighted by Crippen LogP contribution is -2.43. The number of rotatable bonds is 7. The quantitative estimate of drug-likeness (QED) is 0.773. The summed E-state index contributed by atoms with van der Waals surface area (Å²) in [6.07, 6.45) is 2.74. The van der Waals surface area contributed by atoms with Gasteiger partial charge in [-0.3, -0.25) is 9.69 Å². The Morgan fingerprint density at radius 3 is 2.57 bits per heavy atom. The number of nitrogens with one attached hydrogen (secondary N) is 1. The highest BCUT2D eigenvalue weighted by Crippen LogP contribution is 2.23. The molecule has 5 heteroatoms.